The van der Waals surface area contributed by atoms with Crippen LogP contribution in [0.3, 0.4) is 0 Å². The van der Waals surface area contributed by atoms with Crippen molar-refractivity contribution in [3.05, 3.63) is 29.8 Å². The molecule has 1 fully saturated rings. The Morgan fingerprint density at radius 3 is 2.65 bits per heavy atom. The van der Waals surface area contributed by atoms with Crippen molar-refractivity contribution in [3.63, 3.8) is 0 Å². The summed E-state index contributed by atoms with van der Waals surface area (Å²) in [6.07, 6.45) is 2.56. The van der Waals surface area contributed by atoms with E-state index in [4.69, 9.17) is 0 Å². The fourth-order valence-corrected chi connectivity index (χ4v) is 2.60. The van der Waals surface area contributed by atoms with E-state index in [-0.39, 0.29) is 11.8 Å². The molecule has 1 unspecified atom stereocenters. The Balaban J connectivity index is 1.85. The molecular formula is C15H22F2N2O. The van der Waals surface area contributed by atoms with E-state index in [0.717, 1.165) is 18.7 Å². The molecule has 1 saturated heterocycles. The predicted octanol–water partition coefficient (Wildman–Crippen LogP) is 3.03. The summed E-state index contributed by atoms with van der Waals surface area (Å²) < 4.78 is 29.3. The summed E-state index contributed by atoms with van der Waals surface area (Å²) in [7, 11) is 0. The van der Waals surface area contributed by atoms with Crippen LogP contribution in [0.15, 0.2) is 24.3 Å². The summed E-state index contributed by atoms with van der Waals surface area (Å²) in [5.74, 6) is 0.253. The fourth-order valence-electron chi connectivity index (χ4n) is 2.60. The maximum absolute atomic E-state index is 12.4. The number of alkyl halides is 2. The summed E-state index contributed by atoms with van der Waals surface area (Å²) in [5, 5.41) is 3.37. The van der Waals surface area contributed by atoms with Crippen LogP contribution < -0.4 is 10.1 Å². The molecule has 0 aliphatic carbocycles. The van der Waals surface area contributed by atoms with Gasteiger partial charge in [0.15, 0.2) is 0 Å². The van der Waals surface area contributed by atoms with Crippen LogP contribution in [0.4, 0.5) is 8.78 Å². The van der Waals surface area contributed by atoms with Crippen molar-refractivity contribution in [1.82, 2.24) is 10.2 Å². The van der Waals surface area contributed by atoms with Crippen LogP contribution in [-0.2, 0) is 0 Å². The van der Waals surface area contributed by atoms with Crippen LogP contribution in [0.2, 0.25) is 0 Å². The largest absolute Gasteiger partial charge is 0.434 e. The van der Waals surface area contributed by atoms with E-state index >= 15 is 0 Å². The first kappa shape index (κ1) is 15.2. The van der Waals surface area contributed by atoms with Crippen LogP contribution in [0, 0.1) is 0 Å². The van der Waals surface area contributed by atoms with E-state index in [9.17, 15) is 8.78 Å². The highest BCUT2D eigenvalue weighted by Gasteiger charge is 2.15. The lowest BCUT2D eigenvalue weighted by molar-refractivity contribution is -0.0506. The van der Waals surface area contributed by atoms with Crippen molar-refractivity contribution in [2.45, 2.75) is 32.4 Å². The smallest absolute Gasteiger partial charge is 0.387 e. The van der Waals surface area contributed by atoms with E-state index in [2.05, 4.69) is 15.0 Å². The first-order chi connectivity index (χ1) is 9.66. The highest BCUT2D eigenvalue weighted by molar-refractivity contribution is 5.35. The van der Waals surface area contributed by atoms with Crippen LogP contribution in [0.1, 0.15) is 31.4 Å². The van der Waals surface area contributed by atoms with Gasteiger partial charge in [0.2, 0.25) is 0 Å². The van der Waals surface area contributed by atoms with Crippen LogP contribution in [0.25, 0.3) is 0 Å². The lowest BCUT2D eigenvalue weighted by Crippen LogP contribution is -2.31. The molecule has 112 valence electrons. The molecule has 0 amide bonds. The van der Waals surface area contributed by atoms with Gasteiger partial charge >= 0.3 is 6.61 Å². The maximum Gasteiger partial charge on any atom is 0.387 e. The fraction of sp³-hybridized carbons (Fsp3) is 0.600. The Hall–Kier alpha value is -1.20. The number of hydrogen-bond acceptors (Lipinski definition) is 3. The number of ether oxygens (including phenoxy) is 1. The molecule has 5 heteroatoms. The van der Waals surface area contributed by atoms with E-state index in [1.54, 1.807) is 12.1 Å². The molecule has 20 heavy (non-hydrogen) atoms. The number of nitrogens with zero attached hydrogens (tertiary/aromatic N) is 1. The molecule has 0 spiro atoms. The third-order valence-electron chi connectivity index (χ3n) is 3.68. The quantitative estimate of drug-likeness (QED) is 0.833. The Morgan fingerprint density at radius 1 is 1.25 bits per heavy atom. The molecule has 1 aliphatic rings. The topological polar surface area (TPSA) is 24.5 Å². The van der Waals surface area contributed by atoms with Crippen molar-refractivity contribution >= 4 is 0 Å². The zero-order valence-electron chi connectivity index (χ0n) is 11.8. The minimum absolute atomic E-state index is 0.00690. The summed E-state index contributed by atoms with van der Waals surface area (Å²) in [4.78, 5) is 2.42. The summed E-state index contributed by atoms with van der Waals surface area (Å²) in [5.41, 5.74) is 0.772. The van der Waals surface area contributed by atoms with E-state index in [1.807, 2.05) is 19.1 Å². The number of benzene rings is 1. The lowest BCUT2D eigenvalue weighted by Gasteiger charge is -2.20. The third-order valence-corrected chi connectivity index (χ3v) is 3.68. The van der Waals surface area contributed by atoms with Gasteiger partial charge in [-0.25, -0.2) is 0 Å². The van der Waals surface area contributed by atoms with Gasteiger partial charge in [0.25, 0.3) is 0 Å². The maximum atomic E-state index is 12.4. The van der Waals surface area contributed by atoms with Crippen molar-refractivity contribution in [3.8, 4) is 5.75 Å². The van der Waals surface area contributed by atoms with Gasteiger partial charge in [-0.2, -0.15) is 8.78 Å². The number of hydrogen-bond donors (Lipinski definition) is 1. The molecule has 1 heterocycles. The molecule has 0 aromatic heterocycles. The minimum atomic E-state index is -2.78. The van der Waals surface area contributed by atoms with E-state index in [0.29, 0.717) is 0 Å². The second-order valence-electron chi connectivity index (χ2n) is 5.14. The van der Waals surface area contributed by atoms with Crippen LogP contribution in [-0.4, -0.2) is 37.7 Å². The van der Waals surface area contributed by atoms with Gasteiger partial charge in [-0.1, -0.05) is 18.2 Å². The van der Waals surface area contributed by atoms with Crippen molar-refractivity contribution in [2.24, 2.45) is 0 Å². The number of nitrogens with one attached hydrogen (secondary N) is 1. The molecular weight excluding hydrogens is 262 g/mol. The Labute approximate surface area is 118 Å². The van der Waals surface area contributed by atoms with Gasteiger partial charge in [-0.05, 0) is 38.9 Å². The van der Waals surface area contributed by atoms with E-state index in [1.165, 1.54) is 25.9 Å². The SMILES string of the molecule is CC(NCCN1CCCC1)c1ccccc1OC(F)F. The molecule has 3 nitrogen and oxygen atoms in total. The number of rotatable bonds is 7. The average Bonchev–Trinajstić information content (AvgIpc) is 2.91. The van der Waals surface area contributed by atoms with Gasteiger partial charge in [0.1, 0.15) is 5.75 Å². The summed E-state index contributed by atoms with van der Waals surface area (Å²) in [6.45, 7) is 3.37. The highest BCUT2D eigenvalue weighted by Crippen LogP contribution is 2.26. The lowest BCUT2D eigenvalue weighted by atomic mass is 10.1. The Bertz CT molecular complexity index is 409. The van der Waals surface area contributed by atoms with Crippen LogP contribution >= 0.6 is 0 Å². The van der Waals surface area contributed by atoms with Gasteiger partial charge in [0, 0.05) is 24.7 Å². The first-order valence-electron chi connectivity index (χ1n) is 7.16. The van der Waals surface area contributed by atoms with Crippen molar-refractivity contribution in [1.29, 1.82) is 0 Å². The highest BCUT2D eigenvalue weighted by atomic mass is 19.3. The zero-order chi connectivity index (χ0) is 14.4. The van der Waals surface area contributed by atoms with Gasteiger partial charge in [0.05, 0.1) is 0 Å². The van der Waals surface area contributed by atoms with Crippen molar-refractivity contribution in [2.75, 3.05) is 26.2 Å². The first-order valence-corrected chi connectivity index (χ1v) is 7.16. The second kappa shape index (κ2) is 7.55. The number of likely N-dealkylation sites (tertiary alicyclic amines) is 1. The minimum Gasteiger partial charge on any atom is -0.434 e. The predicted molar refractivity (Wildman–Crippen MR) is 75.2 cm³/mol. The Kier molecular flexibility index (Phi) is 5.73. The number of para-hydroxylation sites is 1. The molecule has 1 atom stereocenters. The van der Waals surface area contributed by atoms with Gasteiger partial charge < -0.3 is 15.0 Å². The molecule has 1 N–H and O–H groups in total. The average molecular weight is 284 g/mol. The molecule has 0 bridgehead atoms. The molecule has 0 radical (unpaired) electrons. The van der Waals surface area contributed by atoms with Gasteiger partial charge in [-0.3, -0.25) is 0 Å². The standard InChI is InChI=1S/C15H22F2N2O/c1-12(18-8-11-19-9-4-5-10-19)13-6-2-3-7-14(13)20-15(16)17/h2-3,6-7,12,15,18H,4-5,8-11H2,1H3. The third kappa shape index (κ3) is 4.42. The molecule has 2 rings (SSSR count). The normalized spacial score (nSPS) is 17.6. The number of halogens is 2. The Morgan fingerprint density at radius 2 is 1.95 bits per heavy atom. The zero-order valence-corrected chi connectivity index (χ0v) is 11.8. The van der Waals surface area contributed by atoms with E-state index < -0.39 is 6.61 Å². The second-order valence-corrected chi connectivity index (χ2v) is 5.14. The molecule has 0 saturated carbocycles. The summed E-state index contributed by atoms with van der Waals surface area (Å²) >= 11 is 0. The summed E-state index contributed by atoms with van der Waals surface area (Å²) in [6, 6.07) is 6.95. The molecule has 1 aliphatic heterocycles. The monoisotopic (exact) mass is 284 g/mol. The van der Waals surface area contributed by atoms with Crippen LogP contribution in [0.5, 0.6) is 5.75 Å². The van der Waals surface area contributed by atoms with Crippen molar-refractivity contribution < 1.29 is 13.5 Å². The van der Waals surface area contributed by atoms with Gasteiger partial charge in [-0.15, -0.1) is 0 Å². The molecule has 1 aromatic carbocycles. The molecule has 1 aromatic rings.